The molecule has 3 rings (SSSR count). The van der Waals surface area contributed by atoms with Crippen LogP contribution in [0.4, 0.5) is 0 Å². The largest absolute Gasteiger partial charge is 0.468 e. The molecule has 1 aliphatic carbocycles. The van der Waals surface area contributed by atoms with Crippen LogP contribution in [0, 0.1) is 0 Å². The molecule has 2 aromatic rings. The Labute approximate surface area is 105 Å². The lowest BCUT2D eigenvalue weighted by Crippen LogP contribution is -2.26. The molecule has 0 spiro atoms. The van der Waals surface area contributed by atoms with Crippen molar-refractivity contribution in [2.75, 3.05) is 7.11 Å². The van der Waals surface area contributed by atoms with Crippen LogP contribution in [0.15, 0.2) is 18.3 Å². The monoisotopic (exact) mass is 245 g/mol. The van der Waals surface area contributed by atoms with Gasteiger partial charge in [0, 0.05) is 12.7 Å². The highest BCUT2D eigenvalue weighted by molar-refractivity contribution is 5.87. The minimum absolute atomic E-state index is 0.187. The molecule has 2 heterocycles. The number of rotatable bonds is 3. The summed E-state index contributed by atoms with van der Waals surface area (Å²) in [7, 11) is 1.43. The fourth-order valence-electron chi connectivity index (χ4n) is 2.46. The van der Waals surface area contributed by atoms with E-state index in [-0.39, 0.29) is 5.97 Å². The molecule has 0 bridgehead atoms. The van der Waals surface area contributed by atoms with Crippen LogP contribution >= 0.6 is 0 Å². The summed E-state index contributed by atoms with van der Waals surface area (Å²) in [5.74, 6) is 0.609. The van der Waals surface area contributed by atoms with Crippen molar-refractivity contribution in [2.45, 2.75) is 31.7 Å². The van der Waals surface area contributed by atoms with Gasteiger partial charge in [-0.25, -0.2) is 9.97 Å². The number of fused-ring (bicyclic) bond motifs is 1. The van der Waals surface area contributed by atoms with E-state index in [2.05, 4.69) is 9.97 Å². The van der Waals surface area contributed by atoms with E-state index < -0.39 is 5.41 Å². The molecular formula is C13H15N3O2. The average Bonchev–Trinajstić information content (AvgIpc) is 3.13. The fourth-order valence-corrected chi connectivity index (χ4v) is 2.46. The molecule has 0 aliphatic heterocycles. The van der Waals surface area contributed by atoms with Gasteiger partial charge in [-0.2, -0.15) is 0 Å². The molecule has 0 atom stereocenters. The van der Waals surface area contributed by atoms with Gasteiger partial charge in [-0.15, -0.1) is 0 Å². The molecule has 1 fully saturated rings. The average molecular weight is 245 g/mol. The van der Waals surface area contributed by atoms with Crippen LogP contribution in [0.25, 0.3) is 11.2 Å². The summed E-state index contributed by atoms with van der Waals surface area (Å²) in [5, 5.41) is 0. The summed E-state index contributed by atoms with van der Waals surface area (Å²) in [5.41, 5.74) is 1.14. The van der Waals surface area contributed by atoms with Gasteiger partial charge in [0.15, 0.2) is 5.65 Å². The molecule has 0 N–H and O–H groups in total. The molecule has 5 nitrogen and oxygen atoms in total. The summed E-state index contributed by atoms with van der Waals surface area (Å²) in [4.78, 5) is 20.9. The molecule has 0 unspecified atom stereocenters. The maximum atomic E-state index is 11.9. The zero-order valence-electron chi connectivity index (χ0n) is 10.5. The van der Waals surface area contributed by atoms with Crippen LogP contribution in [0.1, 0.15) is 25.6 Å². The SMILES string of the molecule is CCn1c(C2(C(=O)OC)CC2)nc2cccnc21. The molecule has 5 heteroatoms. The minimum atomic E-state index is -0.536. The Bertz CT molecular complexity index is 614. The number of aromatic nitrogens is 3. The molecule has 0 saturated heterocycles. The van der Waals surface area contributed by atoms with E-state index in [1.807, 2.05) is 23.6 Å². The predicted octanol–water partition coefficient (Wildman–Crippen LogP) is 1.66. The van der Waals surface area contributed by atoms with Crippen molar-refractivity contribution in [3.8, 4) is 0 Å². The van der Waals surface area contributed by atoms with Crippen molar-refractivity contribution >= 4 is 17.1 Å². The van der Waals surface area contributed by atoms with Gasteiger partial charge in [-0.3, -0.25) is 4.79 Å². The second-order valence-corrected chi connectivity index (χ2v) is 4.60. The van der Waals surface area contributed by atoms with E-state index >= 15 is 0 Å². The van der Waals surface area contributed by atoms with Gasteiger partial charge in [0.25, 0.3) is 0 Å². The molecule has 1 aliphatic rings. The lowest BCUT2D eigenvalue weighted by Gasteiger charge is -2.13. The van der Waals surface area contributed by atoms with Crippen molar-refractivity contribution in [1.82, 2.24) is 14.5 Å². The van der Waals surface area contributed by atoms with Crippen LogP contribution in [-0.2, 0) is 21.5 Å². The highest BCUT2D eigenvalue weighted by Gasteiger charge is 2.56. The van der Waals surface area contributed by atoms with Crippen LogP contribution in [-0.4, -0.2) is 27.6 Å². The van der Waals surface area contributed by atoms with Crippen molar-refractivity contribution in [1.29, 1.82) is 0 Å². The lowest BCUT2D eigenvalue weighted by molar-refractivity contribution is -0.144. The first kappa shape index (κ1) is 11.2. The Morgan fingerprint density at radius 3 is 2.94 bits per heavy atom. The van der Waals surface area contributed by atoms with Crippen molar-refractivity contribution in [3.05, 3.63) is 24.2 Å². The molecule has 0 radical (unpaired) electrons. The zero-order valence-corrected chi connectivity index (χ0v) is 10.5. The van der Waals surface area contributed by atoms with Crippen molar-refractivity contribution < 1.29 is 9.53 Å². The summed E-state index contributed by atoms with van der Waals surface area (Å²) in [6, 6.07) is 3.78. The number of hydrogen-bond donors (Lipinski definition) is 0. The van der Waals surface area contributed by atoms with Crippen LogP contribution in [0.5, 0.6) is 0 Å². The van der Waals surface area contributed by atoms with Crippen molar-refractivity contribution in [3.63, 3.8) is 0 Å². The Morgan fingerprint density at radius 2 is 2.33 bits per heavy atom. The standard InChI is InChI=1S/C13H15N3O2/c1-3-16-10-9(5-4-8-14-10)15-11(16)13(6-7-13)12(17)18-2/h4-5,8H,3,6-7H2,1-2H3. The molecule has 18 heavy (non-hydrogen) atoms. The highest BCUT2D eigenvalue weighted by Crippen LogP contribution is 2.49. The number of methoxy groups -OCH3 is 1. The second kappa shape index (κ2) is 3.80. The number of carbonyl (C=O) groups is 1. The Balaban J connectivity index is 2.21. The smallest absolute Gasteiger partial charge is 0.319 e. The molecule has 0 amide bonds. The molecule has 1 saturated carbocycles. The summed E-state index contributed by atoms with van der Waals surface area (Å²) in [6.45, 7) is 2.79. The maximum absolute atomic E-state index is 11.9. The first-order valence-electron chi connectivity index (χ1n) is 6.13. The van der Waals surface area contributed by atoms with Gasteiger partial charge in [-0.1, -0.05) is 0 Å². The van der Waals surface area contributed by atoms with Crippen molar-refractivity contribution in [2.24, 2.45) is 0 Å². The van der Waals surface area contributed by atoms with Crippen LogP contribution in [0.2, 0.25) is 0 Å². The van der Waals surface area contributed by atoms with E-state index in [0.29, 0.717) is 0 Å². The minimum Gasteiger partial charge on any atom is -0.468 e. The summed E-state index contributed by atoms with van der Waals surface area (Å²) < 4.78 is 6.93. The molecular weight excluding hydrogens is 230 g/mol. The summed E-state index contributed by atoms with van der Waals surface area (Å²) in [6.07, 6.45) is 3.36. The number of nitrogens with zero attached hydrogens (tertiary/aromatic N) is 3. The quantitative estimate of drug-likeness (QED) is 0.772. The van der Waals surface area contributed by atoms with E-state index in [9.17, 15) is 4.79 Å². The third kappa shape index (κ3) is 1.36. The van der Waals surface area contributed by atoms with Gasteiger partial charge < -0.3 is 9.30 Å². The highest BCUT2D eigenvalue weighted by atomic mass is 16.5. The number of pyridine rings is 1. The van der Waals surface area contributed by atoms with Gasteiger partial charge in [0.1, 0.15) is 16.8 Å². The van der Waals surface area contributed by atoms with E-state index in [4.69, 9.17) is 4.74 Å². The molecule has 94 valence electrons. The summed E-state index contributed by atoms with van der Waals surface area (Å²) >= 11 is 0. The van der Waals surface area contributed by atoms with Crippen LogP contribution in [0.3, 0.4) is 0 Å². The Hall–Kier alpha value is -1.91. The number of aryl methyl sites for hydroxylation is 1. The Morgan fingerprint density at radius 1 is 1.56 bits per heavy atom. The fraction of sp³-hybridized carbons (Fsp3) is 0.462. The number of imidazole rings is 1. The Kier molecular flexibility index (Phi) is 2.36. The van der Waals surface area contributed by atoms with Gasteiger partial charge in [0.2, 0.25) is 0 Å². The first-order valence-corrected chi connectivity index (χ1v) is 6.13. The predicted molar refractivity (Wildman–Crippen MR) is 66.1 cm³/mol. The zero-order chi connectivity index (χ0) is 12.8. The van der Waals surface area contributed by atoms with Gasteiger partial charge in [0.05, 0.1) is 7.11 Å². The number of esters is 1. The van der Waals surface area contributed by atoms with E-state index in [1.165, 1.54) is 7.11 Å². The molecule has 0 aromatic carbocycles. The maximum Gasteiger partial charge on any atom is 0.319 e. The normalized spacial score (nSPS) is 16.8. The number of carbonyl (C=O) groups excluding carboxylic acids is 1. The van der Waals surface area contributed by atoms with Crippen LogP contribution < -0.4 is 0 Å². The topological polar surface area (TPSA) is 57.0 Å². The van der Waals surface area contributed by atoms with E-state index in [1.54, 1.807) is 6.20 Å². The van der Waals surface area contributed by atoms with E-state index in [0.717, 1.165) is 36.4 Å². The van der Waals surface area contributed by atoms with Gasteiger partial charge in [-0.05, 0) is 31.9 Å². The molecule has 2 aromatic heterocycles. The lowest BCUT2D eigenvalue weighted by atomic mass is 10.1. The first-order chi connectivity index (χ1) is 8.73. The number of hydrogen-bond acceptors (Lipinski definition) is 4. The third-order valence-electron chi connectivity index (χ3n) is 3.57. The van der Waals surface area contributed by atoms with Gasteiger partial charge >= 0.3 is 5.97 Å². The third-order valence-corrected chi connectivity index (χ3v) is 3.57. The number of ether oxygens (including phenoxy) is 1. The second-order valence-electron chi connectivity index (χ2n) is 4.60.